The van der Waals surface area contributed by atoms with Gasteiger partial charge in [-0.2, -0.15) is 5.79 Å². The zero-order valence-electron chi connectivity index (χ0n) is 18.3. The maximum absolute atomic E-state index is 9.47. The fourth-order valence-electron chi connectivity index (χ4n) is 0.786. The Balaban J connectivity index is -0.0000000167. The van der Waals surface area contributed by atoms with Crippen molar-refractivity contribution in [3.63, 3.8) is 0 Å². The average Bonchev–Trinajstić information content (AvgIpc) is 2.42. The number of rotatable bonds is 5. The van der Waals surface area contributed by atoms with E-state index in [1.54, 1.807) is 18.9 Å². The first-order valence-electron chi connectivity index (χ1n) is 6.54. The van der Waals surface area contributed by atoms with E-state index in [2.05, 4.69) is 13.8 Å². The van der Waals surface area contributed by atoms with E-state index >= 15 is 0 Å². The molecule has 0 aromatic carbocycles. The maximum atomic E-state index is 9.47. The van der Waals surface area contributed by atoms with Gasteiger partial charge in [0.1, 0.15) is 0 Å². The Morgan fingerprint density at radius 3 is 1.33 bits per heavy atom. The third-order valence-corrected chi connectivity index (χ3v) is 8.69. The van der Waals surface area contributed by atoms with Crippen molar-refractivity contribution in [2.45, 2.75) is 60.5 Å². The van der Waals surface area contributed by atoms with Crippen LogP contribution in [-0.2, 0) is 19.6 Å². The Bertz CT molecular complexity index is 273. The van der Waals surface area contributed by atoms with Gasteiger partial charge in [-0.05, 0) is 17.6 Å². The van der Waals surface area contributed by atoms with Crippen LogP contribution >= 0.6 is 0 Å². The van der Waals surface area contributed by atoms with E-state index in [0.29, 0.717) is 0 Å². The van der Waals surface area contributed by atoms with Gasteiger partial charge >= 0.3 is 52.9 Å². The second kappa shape index (κ2) is 57.3. The first-order chi connectivity index (χ1) is 10.5. The second-order valence-corrected chi connectivity index (χ2v) is 12.5. The van der Waals surface area contributed by atoms with Crippen molar-refractivity contribution in [2.75, 3.05) is 14.2 Å². The van der Waals surface area contributed by atoms with Gasteiger partial charge in [-0.3, -0.25) is 0 Å². The first kappa shape index (κ1) is 77.2. The number of hydrogen-bond acceptors (Lipinski definition) is 8. The quantitative estimate of drug-likeness (QED) is 0.212. The van der Waals surface area contributed by atoms with Crippen molar-refractivity contribution in [2.24, 2.45) is 0 Å². The SMILES string of the molecule is C.C.CCC.CO.CO[Si](C)(O)[O][Al-]([CH3])[O][Si](C)(C)O.O.O.O.O=[Si]=[OH+].[Al].[CH3+].[O]=[Al]. The molecule has 0 rings (SSSR count). The molecule has 0 spiro atoms. The van der Waals surface area contributed by atoms with Gasteiger partial charge in [0.25, 0.3) is 8.56 Å². The predicted molar refractivity (Wildman–Crippen MR) is 130 cm³/mol. The summed E-state index contributed by atoms with van der Waals surface area (Å²) >= 11 is -0.805. The summed E-state index contributed by atoms with van der Waals surface area (Å²) in [5.74, 6) is 1.76. The van der Waals surface area contributed by atoms with Crippen molar-refractivity contribution in [1.82, 2.24) is 0 Å². The third kappa shape index (κ3) is 115. The Morgan fingerprint density at radius 2 is 1.20 bits per heavy atom. The van der Waals surface area contributed by atoms with E-state index in [-0.39, 0.29) is 56.1 Å². The Kier molecular flexibility index (Phi) is 147. The molecule has 187 valence electrons. The zero-order valence-corrected chi connectivity index (χ0v) is 24.7. The van der Waals surface area contributed by atoms with Gasteiger partial charge in [0.05, 0.1) is 0 Å². The molecule has 30 heavy (non-hydrogen) atoms. The molecular formula is C12H47Al3O12Si3+. The summed E-state index contributed by atoms with van der Waals surface area (Å²) in [7, 11) is -4.30. The predicted octanol–water partition coefficient (Wildman–Crippen LogP) is -1.24. The van der Waals surface area contributed by atoms with Crippen LogP contribution in [0, 0.1) is 7.43 Å². The van der Waals surface area contributed by atoms with Crippen LogP contribution in [0.3, 0.4) is 0 Å². The molecule has 0 amide bonds. The molecule has 0 saturated carbocycles. The molecule has 1 atom stereocenters. The van der Waals surface area contributed by atoms with Gasteiger partial charge in [0, 0.05) is 45.6 Å². The molecule has 18 heteroatoms. The zero-order chi connectivity index (χ0) is 20.1. The standard InChI is InChI=1S/C3H8.C2H7O3Si.C2H7O2Si.CH4O.2CH4.2CH3.3Al.O2Si.3H2O.O/c1-3-2;1-5-6(2,3)4;1-5(2,3)4;1-2;;;;;;;;1-3-2;;;;/h3H2,1-2H3;3H,1-2H3;3H,1-2H3;2H,1H3;2*1H4;2*1H3;;;;;3*1H2;/q;2*-1;;;;;+1;;;+1;;;;;/p+1. The van der Waals surface area contributed by atoms with Crippen LogP contribution in [0.4, 0.5) is 0 Å². The Labute approximate surface area is 211 Å². The summed E-state index contributed by atoms with van der Waals surface area (Å²) in [6.07, 6.45) is 1.25. The van der Waals surface area contributed by atoms with Crippen LogP contribution in [0.15, 0.2) is 0 Å². The van der Waals surface area contributed by atoms with E-state index in [1.807, 2.05) is 0 Å². The molecule has 0 aliphatic rings. The molecule has 0 aliphatic carbocycles. The van der Waals surface area contributed by atoms with Crippen molar-refractivity contribution in [3.05, 3.63) is 7.43 Å². The minimum atomic E-state index is -2.99. The average molecular weight is 549 g/mol. The summed E-state index contributed by atoms with van der Waals surface area (Å²) in [4.78, 5) is 18.9. The topological polar surface area (TPSA) is 238 Å². The summed E-state index contributed by atoms with van der Waals surface area (Å²) in [5.41, 5.74) is 0. The molecule has 0 aromatic rings. The normalized spacial score (nSPS) is 8.77. The molecule has 0 bridgehead atoms. The fraction of sp³-hybridized carbons (Fsp3) is 0.917. The van der Waals surface area contributed by atoms with Crippen LogP contribution in [0.25, 0.3) is 0 Å². The van der Waals surface area contributed by atoms with Crippen LogP contribution in [0.2, 0.25) is 25.4 Å². The van der Waals surface area contributed by atoms with Gasteiger partial charge in [-0.1, -0.05) is 35.1 Å². The van der Waals surface area contributed by atoms with Crippen LogP contribution in [-0.4, -0.2) is 125 Å². The summed E-state index contributed by atoms with van der Waals surface area (Å²) < 4.78 is 39.0. The van der Waals surface area contributed by atoms with E-state index in [9.17, 15) is 9.59 Å². The number of hydrogen-bond donors (Lipinski definition) is 3. The van der Waals surface area contributed by atoms with E-state index in [4.69, 9.17) is 29.2 Å². The summed E-state index contributed by atoms with van der Waals surface area (Å²) in [6.45, 7) is 9.08. The third-order valence-electron chi connectivity index (χ3n) is 1.22. The molecule has 12 nitrogen and oxygen atoms in total. The van der Waals surface area contributed by atoms with Gasteiger partial charge in [0.2, 0.25) is 0 Å². The molecule has 10 N–H and O–H groups in total. The van der Waals surface area contributed by atoms with Gasteiger partial charge in [-0.15, -0.1) is 0 Å². The molecule has 0 aromatic heterocycles. The molecule has 0 aliphatic heterocycles. The van der Waals surface area contributed by atoms with Gasteiger partial charge < -0.3 is 47.0 Å². The molecule has 5 radical (unpaired) electrons. The molecule has 1 unspecified atom stereocenters. The van der Waals surface area contributed by atoms with Gasteiger partial charge in [0.15, 0.2) is 0 Å². The van der Waals surface area contributed by atoms with Crippen molar-refractivity contribution in [1.29, 1.82) is 0 Å². The molecular weight excluding hydrogens is 501 g/mol. The molecule has 0 heterocycles. The van der Waals surface area contributed by atoms with E-state index < -0.39 is 41.5 Å². The monoisotopic (exact) mass is 548 g/mol. The van der Waals surface area contributed by atoms with Crippen LogP contribution in [0.1, 0.15) is 35.1 Å². The minimum absolute atomic E-state index is 0. The van der Waals surface area contributed by atoms with Crippen molar-refractivity contribution >= 4 is 75.1 Å². The van der Waals surface area contributed by atoms with Crippen LogP contribution < -0.4 is 0 Å². The molecule has 0 fully saturated rings. The number of aliphatic hydroxyl groups is 1. The van der Waals surface area contributed by atoms with Gasteiger partial charge in [-0.25, -0.2) is 0 Å². The fourth-order valence-corrected chi connectivity index (χ4v) is 7.51. The first-order valence-corrected chi connectivity index (χ1v) is 15.1. The summed E-state index contributed by atoms with van der Waals surface area (Å²) in [6, 6.07) is 0. The molecule has 0 saturated heterocycles. The van der Waals surface area contributed by atoms with Crippen LogP contribution in [0.5, 0.6) is 0 Å². The number of aliphatic hydroxyl groups excluding tert-OH is 1. The Hall–Kier alpha value is 1.16. The van der Waals surface area contributed by atoms with Crippen molar-refractivity contribution in [3.8, 4) is 0 Å². The van der Waals surface area contributed by atoms with E-state index in [0.717, 1.165) is 7.11 Å². The van der Waals surface area contributed by atoms with Crippen molar-refractivity contribution < 1.29 is 55.2 Å². The Morgan fingerprint density at radius 1 is 1.00 bits per heavy atom. The summed E-state index contributed by atoms with van der Waals surface area (Å²) in [5, 5.41) is 7.00. The second-order valence-electron chi connectivity index (χ2n) is 4.15. The van der Waals surface area contributed by atoms with E-state index in [1.165, 1.54) is 36.3 Å².